The van der Waals surface area contributed by atoms with Gasteiger partial charge in [-0.3, -0.25) is 0 Å². The Morgan fingerprint density at radius 3 is 2.50 bits per heavy atom. The minimum atomic E-state index is 0.385. The Labute approximate surface area is 83.5 Å². The van der Waals surface area contributed by atoms with Gasteiger partial charge in [0.2, 0.25) is 0 Å². The van der Waals surface area contributed by atoms with E-state index in [9.17, 15) is 0 Å². The van der Waals surface area contributed by atoms with Crippen molar-refractivity contribution in [1.29, 1.82) is 0 Å². The van der Waals surface area contributed by atoms with Crippen LogP contribution in [0, 0.1) is 0 Å². The van der Waals surface area contributed by atoms with Crippen LogP contribution in [0.1, 0.15) is 18.1 Å². The average Bonchev–Trinajstić information content (AvgIpc) is 2.26. The van der Waals surface area contributed by atoms with Gasteiger partial charge in [0.25, 0.3) is 0 Å². The van der Waals surface area contributed by atoms with Crippen LogP contribution in [-0.4, -0.2) is 12.4 Å². The Kier molecular flexibility index (Phi) is 3.94. The van der Waals surface area contributed by atoms with Crippen LogP contribution in [0.5, 0.6) is 0 Å². The molecule has 0 saturated heterocycles. The zero-order chi connectivity index (χ0) is 10.4. The van der Waals surface area contributed by atoms with Crippen LogP contribution in [0.25, 0.3) is 0 Å². The Hall–Kier alpha value is -1.55. The van der Waals surface area contributed by atoms with Crippen LogP contribution in [-0.2, 0) is 11.4 Å². The number of nitrogens with two attached hydrogens (primary N) is 2. The third-order valence-electron chi connectivity index (χ3n) is 1.78. The van der Waals surface area contributed by atoms with E-state index in [0.29, 0.717) is 19.0 Å². The number of oxime groups is 1. The van der Waals surface area contributed by atoms with E-state index in [0.717, 1.165) is 11.1 Å². The summed E-state index contributed by atoms with van der Waals surface area (Å²) in [5, 5.41) is 3.73. The number of hydrogen-bond donors (Lipinski definition) is 2. The second-order valence-electron chi connectivity index (χ2n) is 2.80. The summed E-state index contributed by atoms with van der Waals surface area (Å²) >= 11 is 0. The summed E-state index contributed by atoms with van der Waals surface area (Å²) < 4.78 is 0. The van der Waals surface area contributed by atoms with Crippen molar-refractivity contribution in [3.8, 4) is 0 Å². The standard InChI is InChI=1S/C10H15N3O/c1-2-14-13-10(12)9-5-3-8(7-11)4-6-9/h3-6H,2,7,11H2,1H3,(H2,12,13). The predicted molar refractivity (Wildman–Crippen MR) is 56.7 cm³/mol. The molecule has 1 aromatic carbocycles. The van der Waals surface area contributed by atoms with E-state index in [1.54, 1.807) is 0 Å². The fourth-order valence-electron chi connectivity index (χ4n) is 0.998. The van der Waals surface area contributed by atoms with Crippen LogP contribution in [0.2, 0.25) is 0 Å². The topological polar surface area (TPSA) is 73.6 Å². The molecule has 4 heteroatoms. The summed E-state index contributed by atoms with van der Waals surface area (Å²) in [6, 6.07) is 7.59. The highest BCUT2D eigenvalue weighted by Gasteiger charge is 1.98. The third-order valence-corrected chi connectivity index (χ3v) is 1.78. The normalized spacial score (nSPS) is 11.4. The summed E-state index contributed by atoms with van der Waals surface area (Å²) in [6.07, 6.45) is 0. The van der Waals surface area contributed by atoms with Gasteiger partial charge in [0.05, 0.1) is 0 Å². The van der Waals surface area contributed by atoms with Crippen molar-refractivity contribution in [1.82, 2.24) is 0 Å². The summed E-state index contributed by atoms with van der Waals surface area (Å²) in [5.74, 6) is 0.385. The van der Waals surface area contributed by atoms with Crippen molar-refractivity contribution in [2.75, 3.05) is 6.61 Å². The van der Waals surface area contributed by atoms with Crippen molar-refractivity contribution in [2.24, 2.45) is 16.6 Å². The van der Waals surface area contributed by atoms with Crippen LogP contribution in [0.3, 0.4) is 0 Å². The van der Waals surface area contributed by atoms with Gasteiger partial charge in [-0.15, -0.1) is 0 Å². The second kappa shape index (κ2) is 5.24. The fourth-order valence-corrected chi connectivity index (χ4v) is 0.998. The van der Waals surface area contributed by atoms with Crippen molar-refractivity contribution in [2.45, 2.75) is 13.5 Å². The quantitative estimate of drug-likeness (QED) is 0.422. The Balaban J connectivity index is 2.76. The zero-order valence-corrected chi connectivity index (χ0v) is 8.23. The molecule has 0 unspecified atom stereocenters. The van der Waals surface area contributed by atoms with Gasteiger partial charge < -0.3 is 16.3 Å². The minimum Gasteiger partial charge on any atom is -0.394 e. The molecule has 0 aliphatic carbocycles. The summed E-state index contributed by atoms with van der Waals surface area (Å²) in [7, 11) is 0. The lowest BCUT2D eigenvalue weighted by molar-refractivity contribution is 0.158. The van der Waals surface area contributed by atoms with Crippen LogP contribution in [0.4, 0.5) is 0 Å². The van der Waals surface area contributed by atoms with Gasteiger partial charge in [0.1, 0.15) is 6.61 Å². The van der Waals surface area contributed by atoms with Crippen LogP contribution in [0.15, 0.2) is 29.4 Å². The first-order valence-corrected chi connectivity index (χ1v) is 4.52. The molecule has 0 fully saturated rings. The number of benzene rings is 1. The zero-order valence-electron chi connectivity index (χ0n) is 8.23. The van der Waals surface area contributed by atoms with E-state index in [1.807, 2.05) is 31.2 Å². The monoisotopic (exact) mass is 193 g/mol. The molecule has 0 heterocycles. The molecule has 0 spiro atoms. The molecule has 0 bridgehead atoms. The Morgan fingerprint density at radius 2 is 2.00 bits per heavy atom. The van der Waals surface area contributed by atoms with Crippen LogP contribution < -0.4 is 11.5 Å². The maximum absolute atomic E-state index is 5.67. The lowest BCUT2D eigenvalue weighted by atomic mass is 10.1. The second-order valence-corrected chi connectivity index (χ2v) is 2.80. The molecule has 0 atom stereocenters. The lowest BCUT2D eigenvalue weighted by Crippen LogP contribution is -2.14. The number of amidine groups is 1. The average molecular weight is 193 g/mol. The van der Waals surface area contributed by atoms with Gasteiger partial charge in [0.15, 0.2) is 5.84 Å². The third kappa shape index (κ3) is 2.74. The SMILES string of the molecule is CCO/N=C(\N)c1ccc(CN)cc1. The van der Waals surface area contributed by atoms with Crippen molar-refractivity contribution >= 4 is 5.84 Å². The molecule has 4 N–H and O–H groups in total. The molecule has 0 saturated carbocycles. The highest BCUT2D eigenvalue weighted by atomic mass is 16.6. The molecule has 0 amide bonds. The summed E-state index contributed by atoms with van der Waals surface area (Å²) in [6.45, 7) is 2.90. The van der Waals surface area contributed by atoms with E-state index < -0.39 is 0 Å². The molecule has 4 nitrogen and oxygen atoms in total. The molecule has 0 radical (unpaired) electrons. The lowest BCUT2D eigenvalue weighted by Gasteiger charge is -2.01. The van der Waals surface area contributed by atoms with E-state index in [4.69, 9.17) is 16.3 Å². The van der Waals surface area contributed by atoms with E-state index >= 15 is 0 Å². The van der Waals surface area contributed by atoms with E-state index in [2.05, 4.69) is 5.16 Å². The van der Waals surface area contributed by atoms with Crippen molar-refractivity contribution in [3.05, 3.63) is 35.4 Å². The van der Waals surface area contributed by atoms with Crippen LogP contribution >= 0.6 is 0 Å². The van der Waals surface area contributed by atoms with Gasteiger partial charge in [-0.1, -0.05) is 29.4 Å². The highest BCUT2D eigenvalue weighted by molar-refractivity contribution is 5.97. The smallest absolute Gasteiger partial charge is 0.170 e. The minimum absolute atomic E-state index is 0.385. The largest absolute Gasteiger partial charge is 0.394 e. The molecule has 14 heavy (non-hydrogen) atoms. The van der Waals surface area contributed by atoms with E-state index in [1.165, 1.54) is 0 Å². The summed E-state index contributed by atoms with van der Waals surface area (Å²) in [5.41, 5.74) is 13.0. The number of nitrogens with zero attached hydrogens (tertiary/aromatic N) is 1. The van der Waals surface area contributed by atoms with Gasteiger partial charge >= 0.3 is 0 Å². The first kappa shape index (κ1) is 10.5. The van der Waals surface area contributed by atoms with Gasteiger partial charge in [-0.25, -0.2) is 0 Å². The van der Waals surface area contributed by atoms with Crippen molar-refractivity contribution < 1.29 is 4.84 Å². The summed E-state index contributed by atoms with van der Waals surface area (Å²) in [4.78, 5) is 4.84. The van der Waals surface area contributed by atoms with Gasteiger partial charge in [-0.05, 0) is 12.5 Å². The highest BCUT2D eigenvalue weighted by Crippen LogP contribution is 2.03. The Morgan fingerprint density at radius 1 is 1.36 bits per heavy atom. The molecule has 0 aliphatic heterocycles. The molecule has 0 aliphatic rings. The van der Waals surface area contributed by atoms with Gasteiger partial charge in [-0.2, -0.15) is 0 Å². The Bertz CT molecular complexity index is 306. The fraction of sp³-hybridized carbons (Fsp3) is 0.300. The first-order chi connectivity index (χ1) is 6.77. The van der Waals surface area contributed by atoms with Gasteiger partial charge in [0, 0.05) is 12.1 Å². The molecular weight excluding hydrogens is 178 g/mol. The molecule has 76 valence electrons. The van der Waals surface area contributed by atoms with Crippen molar-refractivity contribution in [3.63, 3.8) is 0 Å². The van der Waals surface area contributed by atoms with E-state index in [-0.39, 0.29) is 0 Å². The molecule has 1 rings (SSSR count). The molecule has 1 aromatic rings. The molecule has 0 aromatic heterocycles. The number of hydrogen-bond acceptors (Lipinski definition) is 3. The maximum atomic E-state index is 5.67. The predicted octanol–water partition coefficient (Wildman–Crippen LogP) is 0.802. The number of rotatable bonds is 4. The molecular formula is C10H15N3O. The maximum Gasteiger partial charge on any atom is 0.170 e. The first-order valence-electron chi connectivity index (χ1n) is 4.52.